The molecular formula is C13H21N3. The maximum atomic E-state index is 5.89. The number of hydrogen-bond acceptors (Lipinski definition) is 3. The molecule has 0 bridgehead atoms. The largest absolute Gasteiger partial charge is 0.370 e. The molecular weight excluding hydrogens is 198 g/mol. The fourth-order valence-electron chi connectivity index (χ4n) is 2.28. The zero-order valence-electron chi connectivity index (χ0n) is 9.95. The molecule has 88 valence electrons. The number of rotatable bonds is 3. The minimum Gasteiger partial charge on any atom is -0.370 e. The summed E-state index contributed by atoms with van der Waals surface area (Å²) < 4.78 is 0. The molecule has 0 aromatic carbocycles. The Bertz CT molecular complexity index is 330. The molecule has 0 radical (unpaired) electrons. The lowest BCUT2D eigenvalue weighted by molar-refractivity contribution is 0.338. The molecule has 1 aliphatic carbocycles. The van der Waals surface area contributed by atoms with Crippen LogP contribution in [0.3, 0.4) is 0 Å². The van der Waals surface area contributed by atoms with E-state index in [-0.39, 0.29) is 0 Å². The lowest BCUT2D eigenvalue weighted by Gasteiger charge is -2.26. The van der Waals surface area contributed by atoms with Crippen LogP contribution < -0.4 is 11.1 Å². The van der Waals surface area contributed by atoms with Gasteiger partial charge in [0, 0.05) is 18.3 Å². The zero-order chi connectivity index (χ0) is 11.4. The van der Waals surface area contributed by atoms with E-state index in [0.29, 0.717) is 6.04 Å². The van der Waals surface area contributed by atoms with Gasteiger partial charge >= 0.3 is 0 Å². The molecule has 0 amide bonds. The summed E-state index contributed by atoms with van der Waals surface area (Å²) in [5.74, 6) is 1.76. The van der Waals surface area contributed by atoms with Gasteiger partial charge in [0.2, 0.25) is 0 Å². The lowest BCUT2D eigenvalue weighted by Crippen LogP contribution is -2.29. The number of aryl methyl sites for hydroxylation is 1. The topological polar surface area (TPSA) is 50.9 Å². The Balaban J connectivity index is 1.79. The van der Waals surface area contributed by atoms with E-state index in [4.69, 9.17) is 5.73 Å². The fourth-order valence-corrected chi connectivity index (χ4v) is 2.28. The zero-order valence-corrected chi connectivity index (χ0v) is 9.95. The molecule has 0 spiro atoms. The molecule has 1 saturated carbocycles. The Hall–Kier alpha value is -1.09. The summed E-state index contributed by atoms with van der Waals surface area (Å²) in [5, 5.41) is 3.42. The Labute approximate surface area is 97.5 Å². The molecule has 1 fully saturated rings. The van der Waals surface area contributed by atoms with Crippen LogP contribution in [-0.2, 0) is 0 Å². The van der Waals surface area contributed by atoms with Gasteiger partial charge in [-0.25, -0.2) is 4.98 Å². The molecule has 3 nitrogen and oxygen atoms in total. The third-order valence-corrected chi connectivity index (χ3v) is 3.35. The quantitative estimate of drug-likeness (QED) is 0.820. The summed E-state index contributed by atoms with van der Waals surface area (Å²) in [6.45, 7) is 3.05. The van der Waals surface area contributed by atoms with Crippen molar-refractivity contribution in [1.82, 2.24) is 4.98 Å². The molecule has 1 aromatic heterocycles. The SMILES string of the molecule is Cc1cccc(NCC2CCC(N)CC2)n1. The van der Waals surface area contributed by atoms with Gasteiger partial charge in [0.15, 0.2) is 0 Å². The smallest absolute Gasteiger partial charge is 0.126 e. The summed E-state index contributed by atoms with van der Waals surface area (Å²) in [4.78, 5) is 4.44. The average Bonchev–Trinajstić information content (AvgIpc) is 2.28. The van der Waals surface area contributed by atoms with Crippen LogP contribution in [-0.4, -0.2) is 17.6 Å². The Kier molecular flexibility index (Phi) is 3.78. The van der Waals surface area contributed by atoms with Crippen LogP contribution in [0.2, 0.25) is 0 Å². The first-order valence-corrected chi connectivity index (χ1v) is 6.17. The molecule has 1 aliphatic rings. The molecule has 2 rings (SSSR count). The van der Waals surface area contributed by atoms with Gasteiger partial charge in [0.1, 0.15) is 5.82 Å². The van der Waals surface area contributed by atoms with Crippen molar-refractivity contribution in [1.29, 1.82) is 0 Å². The van der Waals surface area contributed by atoms with E-state index >= 15 is 0 Å². The minimum atomic E-state index is 0.438. The number of pyridine rings is 1. The number of hydrogen-bond donors (Lipinski definition) is 2. The molecule has 0 aliphatic heterocycles. The monoisotopic (exact) mass is 219 g/mol. The number of nitrogens with two attached hydrogens (primary N) is 1. The van der Waals surface area contributed by atoms with Gasteiger partial charge in [-0.1, -0.05) is 6.07 Å². The van der Waals surface area contributed by atoms with Crippen molar-refractivity contribution in [2.75, 3.05) is 11.9 Å². The standard InChI is InChI=1S/C13H21N3/c1-10-3-2-4-13(16-10)15-9-11-5-7-12(14)8-6-11/h2-4,11-12H,5-9,14H2,1H3,(H,15,16). The molecule has 1 aromatic rings. The van der Waals surface area contributed by atoms with Crippen LogP contribution in [0.1, 0.15) is 31.4 Å². The van der Waals surface area contributed by atoms with Crippen molar-refractivity contribution in [2.24, 2.45) is 11.7 Å². The van der Waals surface area contributed by atoms with Gasteiger partial charge in [0.25, 0.3) is 0 Å². The predicted molar refractivity (Wildman–Crippen MR) is 67.4 cm³/mol. The third-order valence-electron chi connectivity index (χ3n) is 3.35. The third kappa shape index (κ3) is 3.20. The number of aromatic nitrogens is 1. The van der Waals surface area contributed by atoms with Crippen molar-refractivity contribution in [2.45, 2.75) is 38.6 Å². The van der Waals surface area contributed by atoms with E-state index < -0.39 is 0 Å². The Morgan fingerprint density at radius 3 is 2.75 bits per heavy atom. The first-order valence-electron chi connectivity index (χ1n) is 6.17. The summed E-state index contributed by atoms with van der Waals surface area (Å²) in [7, 11) is 0. The maximum Gasteiger partial charge on any atom is 0.126 e. The summed E-state index contributed by atoms with van der Waals surface area (Å²) in [6.07, 6.45) is 4.85. The summed E-state index contributed by atoms with van der Waals surface area (Å²) in [6, 6.07) is 6.53. The molecule has 3 heteroatoms. The van der Waals surface area contributed by atoms with Crippen molar-refractivity contribution >= 4 is 5.82 Å². The van der Waals surface area contributed by atoms with Gasteiger partial charge in [-0.05, 0) is 50.7 Å². The summed E-state index contributed by atoms with van der Waals surface area (Å²) >= 11 is 0. The molecule has 3 N–H and O–H groups in total. The highest BCUT2D eigenvalue weighted by atomic mass is 15.0. The van der Waals surface area contributed by atoms with Gasteiger partial charge in [-0.3, -0.25) is 0 Å². The predicted octanol–water partition coefficient (Wildman–Crippen LogP) is 2.32. The minimum absolute atomic E-state index is 0.438. The number of anilines is 1. The van der Waals surface area contributed by atoms with Gasteiger partial charge in [-0.2, -0.15) is 0 Å². The highest BCUT2D eigenvalue weighted by Crippen LogP contribution is 2.23. The van der Waals surface area contributed by atoms with E-state index in [1.54, 1.807) is 0 Å². The van der Waals surface area contributed by atoms with Gasteiger partial charge in [-0.15, -0.1) is 0 Å². The van der Waals surface area contributed by atoms with Crippen LogP contribution in [0.25, 0.3) is 0 Å². The van der Waals surface area contributed by atoms with Gasteiger partial charge in [0.05, 0.1) is 0 Å². The molecule has 1 heterocycles. The van der Waals surface area contributed by atoms with E-state index in [1.807, 2.05) is 25.1 Å². The Morgan fingerprint density at radius 1 is 1.31 bits per heavy atom. The molecule has 0 unspecified atom stereocenters. The van der Waals surface area contributed by atoms with Gasteiger partial charge < -0.3 is 11.1 Å². The van der Waals surface area contributed by atoms with E-state index in [1.165, 1.54) is 25.7 Å². The van der Waals surface area contributed by atoms with E-state index in [0.717, 1.165) is 24.0 Å². The normalized spacial score (nSPS) is 25.4. The molecule has 0 saturated heterocycles. The van der Waals surface area contributed by atoms with E-state index in [2.05, 4.69) is 10.3 Å². The highest BCUT2D eigenvalue weighted by Gasteiger charge is 2.18. The number of nitrogens with zero attached hydrogens (tertiary/aromatic N) is 1. The highest BCUT2D eigenvalue weighted by molar-refractivity contribution is 5.35. The van der Waals surface area contributed by atoms with Crippen LogP contribution in [0.5, 0.6) is 0 Å². The maximum absolute atomic E-state index is 5.89. The average molecular weight is 219 g/mol. The van der Waals surface area contributed by atoms with Crippen molar-refractivity contribution in [3.8, 4) is 0 Å². The van der Waals surface area contributed by atoms with Crippen molar-refractivity contribution in [3.05, 3.63) is 23.9 Å². The molecule has 0 atom stereocenters. The molecule has 16 heavy (non-hydrogen) atoms. The lowest BCUT2D eigenvalue weighted by atomic mass is 9.86. The summed E-state index contributed by atoms with van der Waals surface area (Å²) in [5.41, 5.74) is 6.96. The second kappa shape index (κ2) is 5.30. The first-order chi connectivity index (χ1) is 7.74. The van der Waals surface area contributed by atoms with Crippen molar-refractivity contribution < 1.29 is 0 Å². The first kappa shape index (κ1) is 11.4. The Morgan fingerprint density at radius 2 is 2.06 bits per heavy atom. The van der Waals surface area contributed by atoms with Crippen LogP contribution >= 0.6 is 0 Å². The second-order valence-electron chi connectivity index (χ2n) is 4.83. The van der Waals surface area contributed by atoms with Crippen LogP contribution in [0.15, 0.2) is 18.2 Å². The van der Waals surface area contributed by atoms with E-state index in [9.17, 15) is 0 Å². The van der Waals surface area contributed by atoms with Crippen LogP contribution in [0, 0.1) is 12.8 Å². The van der Waals surface area contributed by atoms with Crippen LogP contribution in [0.4, 0.5) is 5.82 Å². The number of nitrogens with one attached hydrogen (secondary N) is 1. The fraction of sp³-hybridized carbons (Fsp3) is 0.615. The van der Waals surface area contributed by atoms with Crippen molar-refractivity contribution in [3.63, 3.8) is 0 Å². The second-order valence-corrected chi connectivity index (χ2v) is 4.83.